The fraction of sp³-hybridized carbons (Fsp3) is 0.524. The van der Waals surface area contributed by atoms with Gasteiger partial charge in [0, 0.05) is 36.1 Å². The quantitative estimate of drug-likeness (QED) is 0.906. The fourth-order valence-electron chi connectivity index (χ4n) is 4.82. The smallest absolute Gasteiger partial charge is 0.223 e. The Hall–Kier alpha value is -2.28. The Labute approximate surface area is 148 Å². The number of hydrogen-bond donors (Lipinski definition) is 1. The highest BCUT2D eigenvalue weighted by Crippen LogP contribution is 2.44. The van der Waals surface area contributed by atoms with E-state index in [1.54, 1.807) is 0 Å². The third-order valence-corrected chi connectivity index (χ3v) is 6.28. The van der Waals surface area contributed by atoms with Crippen molar-refractivity contribution in [2.24, 2.45) is 5.41 Å². The van der Waals surface area contributed by atoms with Crippen molar-refractivity contribution >= 4 is 16.8 Å². The van der Waals surface area contributed by atoms with Crippen molar-refractivity contribution in [3.8, 4) is 6.07 Å². The maximum atomic E-state index is 13.0. The van der Waals surface area contributed by atoms with Gasteiger partial charge < -0.3 is 9.88 Å². The summed E-state index contributed by atoms with van der Waals surface area (Å²) >= 11 is 0. The first kappa shape index (κ1) is 16.2. The standard InChI is InChI=1S/C21H25N3O/c1-15(18-13-23-19-7-3-2-6-17(18)19)11-20(25)24-10-9-21(14-22)8-4-5-16(24)12-21/h2-3,6-7,13,15-16,23H,4-5,8-12H2,1H3. The Morgan fingerprint density at radius 1 is 1.44 bits per heavy atom. The number of H-pyrrole nitrogens is 1. The average molecular weight is 335 g/mol. The summed E-state index contributed by atoms with van der Waals surface area (Å²) in [6, 6.07) is 11.1. The van der Waals surface area contributed by atoms with E-state index in [1.165, 1.54) is 10.9 Å². The molecule has 1 N–H and O–H groups in total. The number of piperidine rings is 1. The molecule has 130 valence electrons. The van der Waals surface area contributed by atoms with Crippen LogP contribution in [0.15, 0.2) is 30.5 Å². The molecular formula is C21H25N3O. The lowest BCUT2D eigenvalue weighted by molar-refractivity contribution is -0.138. The Morgan fingerprint density at radius 2 is 2.28 bits per heavy atom. The second kappa shape index (κ2) is 6.22. The van der Waals surface area contributed by atoms with Gasteiger partial charge in [0.1, 0.15) is 0 Å². The number of hydrogen-bond acceptors (Lipinski definition) is 2. The molecule has 1 saturated heterocycles. The van der Waals surface area contributed by atoms with Crippen molar-refractivity contribution in [2.75, 3.05) is 6.54 Å². The minimum Gasteiger partial charge on any atom is -0.361 e. The third-order valence-electron chi connectivity index (χ3n) is 6.28. The first-order valence-electron chi connectivity index (χ1n) is 9.39. The molecule has 1 amide bonds. The Balaban J connectivity index is 1.48. The monoisotopic (exact) mass is 335 g/mol. The molecule has 0 radical (unpaired) electrons. The highest BCUT2D eigenvalue weighted by molar-refractivity contribution is 5.85. The minimum absolute atomic E-state index is 0.165. The van der Waals surface area contributed by atoms with Crippen LogP contribution in [0.5, 0.6) is 0 Å². The lowest BCUT2D eigenvalue weighted by Gasteiger charge is -2.47. The SMILES string of the molecule is CC(CC(=O)N1CCC2(C#N)CCCC1C2)c1c[nH]c2ccccc12. The van der Waals surface area contributed by atoms with E-state index in [9.17, 15) is 10.1 Å². The molecule has 2 heterocycles. The number of aromatic amines is 1. The predicted molar refractivity (Wildman–Crippen MR) is 98.0 cm³/mol. The van der Waals surface area contributed by atoms with Crippen LogP contribution in [0.2, 0.25) is 0 Å². The molecule has 2 aromatic rings. The van der Waals surface area contributed by atoms with Crippen molar-refractivity contribution < 1.29 is 4.79 Å². The van der Waals surface area contributed by atoms with Crippen molar-refractivity contribution in [1.82, 2.24) is 9.88 Å². The molecule has 2 aliphatic rings. The number of carbonyl (C=O) groups is 1. The van der Waals surface area contributed by atoms with Gasteiger partial charge in [0.2, 0.25) is 5.91 Å². The normalized spacial score (nSPS) is 27.0. The van der Waals surface area contributed by atoms with E-state index in [4.69, 9.17) is 0 Å². The molecule has 2 fully saturated rings. The second-order valence-corrected chi connectivity index (χ2v) is 7.87. The summed E-state index contributed by atoms with van der Waals surface area (Å²) in [6.07, 6.45) is 7.42. The van der Waals surface area contributed by atoms with E-state index in [1.807, 2.05) is 18.3 Å². The van der Waals surface area contributed by atoms with Crippen LogP contribution in [0, 0.1) is 16.7 Å². The van der Waals surface area contributed by atoms with Gasteiger partial charge in [0.05, 0.1) is 11.5 Å². The third kappa shape index (κ3) is 2.82. The molecular weight excluding hydrogens is 310 g/mol. The highest BCUT2D eigenvalue weighted by Gasteiger charge is 2.44. The fourth-order valence-corrected chi connectivity index (χ4v) is 4.82. The molecule has 4 nitrogen and oxygen atoms in total. The van der Waals surface area contributed by atoms with Gasteiger partial charge in [-0.05, 0) is 49.7 Å². The van der Waals surface area contributed by atoms with Gasteiger partial charge in [0.15, 0.2) is 0 Å². The van der Waals surface area contributed by atoms with Gasteiger partial charge in [0.25, 0.3) is 0 Å². The lowest BCUT2D eigenvalue weighted by Crippen LogP contribution is -2.51. The van der Waals surface area contributed by atoms with Gasteiger partial charge in [-0.25, -0.2) is 0 Å². The van der Waals surface area contributed by atoms with Crippen molar-refractivity contribution in [3.63, 3.8) is 0 Å². The van der Waals surface area contributed by atoms with Crippen LogP contribution in [0.25, 0.3) is 10.9 Å². The number of likely N-dealkylation sites (tertiary alicyclic amines) is 1. The molecule has 25 heavy (non-hydrogen) atoms. The first-order chi connectivity index (χ1) is 12.1. The molecule has 3 atom stereocenters. The first-order valence-corrected chi connectivity index (χ1v) is 9.39. The van der Waals surface area contributed by atoms with Gasteiger partial charge in [-0.15, -0.1) is 0 Å². The molecule has 1 aliphatic heterocycles. The van der Waals surface area contributed by atoms with Crippen LogP contribution in [-0.4, -0.2) is 28.4 Å². The largest absolute Gasteiger partial charge is 0.361 e. The van der Waals surface area contributed by atoms with E-state index in [0.29, 0.717) is 6.42 Å². The zero-order valence-electron chi connectivity index (χ0n) is 14.8. The molecule has 1 aromatic heterocycles. The Kier molecular flexibility index (Phi) is 4.03. The summed E-state index contributed by atoms with van der Waals surface area (Å²) < 4.78 is 0. The molecule has 0 spiro atoms. The zero-order chi connectivity index (χ0) is 17.4. The summed E-state index contributed by atoms with van der Waals surface area (Å²) in [4.78, 5) is 18.3. The molecule has 2 bridgehead atoms. The number of nitrogens with zero attached hydrogens (tertiary/aromatic N) is 2. The summed E-state index contributed by atoms with van der Waals surface area (Å²) in [5, 5.41) is 10.7. The number of aromatic nitrogens is 1. The maximum absolute atomic E-state index is 13.0. The molecule has 3 unspecified atom stereocenters. The number of fused-ring (bicyclic) bond motifs is 3. The summed E-state index contributed by atoms with van der Waals surface area (Å²) in [5.41, 5.74) is 2.18. The van der Waals surface area contributed by atoms with Gasteiger partial charge in [-0.1, -0.05) is 25.1 Å². The number of rotatable bonds is 3. The Morgan fingerprint density at radius 3 is 3.12 bits per heavy atom. The van der Waals surface area contributed by atoms with Crippen LogP contribution in [0.4, 0.5) is 0 Å². The Bertz CT molecular complexity index is 833. The van der Waals surface area contributed by atoms with Crippen LogP contribution in [0.3, 0.4) is 0 Å². The van der Waals surface area contributed by atoms with E-state index < -0.39 is 0 Å². The van der Waals surface area contributed by atoms with E-state index >= 15 is 0 Å². The van der Waals surface area contributed by atoms with Gasteiger partial charge >= 0.3 is 0 Å². The van der Waals surface area contributed by atoms with Crippen LogP contribution >= 0.6 is 0 Å². The van der Waals surface area contributed by atoms with Crippen molar-refractivity contribution in [1.29, 1.82) is 5.26 Å². The van der Waals surface area contributed by atoms with E-state index in [2.05, 4.69) is 35.0 Å². The predicted octanol–water partition coefficient (Wildman–Crippen LogP) is 4.35. The molecule has 1 aromatic carbocycles. The highest BCUT2D eigenvalue weighted by atomic mass is 16.2. The summed E-state index contributed by atoms with van der Waals surface area (Å²) in [6.45, 7) is 2.88. The van der Waals surface area contributed by atoms with Crippen LogP contribution in [0.1, 0.15) is 56.9 Å². The van der Waals surface area contributed by atoms with Gasteiger partial charge in [-0.2, -0.15) is 5.26 Å². The molecule has 4 heteroatoms. The van der Waals surface area contributed by atoms with Crippen molar-refractivity contribution in [3.05, 3.63) is 36.0 Å². The second-order valence-electron chi connectivity index (χ2n) is 7.87. The number of benzene rings is 1. The number of carbonyl (C=O) groups excluding carboxylic acids is 1. The number of nitriles is 1. The minimum atomic E-state index is -0.165. The maximum Gasteiger partial charge on any atom is 0.223 e. The molecule has 4 rings (SSSR count). The molecule has 1 saturated carbocycles. The zero-order valence-corrected chi connectivity index (χ0v) is 14.8. The average Bonchev–Trinajstić information content (AvgIpc) is 3.06. The number of amides is 1. The summed E-state index contributed by atoms with van der Waals surface area (Å²) in [7, 11) is 0. The number of nitrogens with one attached hydrogen (secondary N) is 1. The number of para-hydroxylation sites is 1. The van der Waals surface area contributed by atoms with E-state index in [-0.39, 0.29) is 23.3 Å². The van der Waals surface area contributed by atoms with Crippen LogP contribution in [-0.2, 0) is 4.79 Å². The topological polar surface area (TPSA) is 59.9 Å². The molecule has 1 aliphatic carbocycles. The lowest BCUT2D eigenvalue weighted by atomic mass is 9.68. The van der Waals surface area contributed by atoms with Crippen LogP contribution < -0.4 is 0 Å². The summed E-state index contributed by atoms with van der Waals surface area (Å²) in [5.74, 6) is 0.436. The van der Waals surface area contributed by atoms with Crippen molar-refractivity contribution in [2.45, 2.75) is 57.4 Å². The van der Waals surface area contributed by atoms with E-state index in [0.717, 1.165) is 44.2 Å². The van der Waals surface area contributed by atoms with Gasteiger partial charge in [-0.3, -0.25) is 4.79 Å².